The first-order chi connectivity index (χ1) is 9.72. The molecule has 0 aliphatic heterocycles. The molecule has 0 radical (unpaired) electrons. The molecular weight excluding hydrogens is 284 g/mol. The van der Waals surface area contributed by atoms with Crippen molar-refractivity contribution in [3.05, 3.63) is 29.8 Å². The first-order valence-corrected chi connectivity index (χ1v) is 6.34. The molecule has 0 fully saturated rings. The lowest BCUT2D eigenvalue weighted by molar-refractivity contribution is -0.146. The number of hydrogen-bond donors (Lipinski definition) is 2. The molecule has 1 rings (SSSR count). The van der Waals surface area contributed by atoms with E-state index in [4.69, 9.17) is 9.84 Å². The summed E-state index contributed by atoms with van der Waals surface area (Å²) in [5.74, 6) is -3.18. The van der Waals surface area contributed by atoms with Crippen LogP contribution in [0.2, 0.25) is 0 Å². The molecule has 1 amide bonds. The highest BCUT2D eigenvalue weighted by Gasteiger charge is 2.28. The molecule has 0 heterocycles. The van der Waals surface area contributed by atoms with Gasteiger partial charge in [0, 0.05) is 12.5 Å². The Labute approximate surface area is 120 Å². The van der Waals surface area contributed by atoms with Gasteiger partial charge in [0.05, 0.1) is 6.61 Å². The number of aliphatic carboxylic acids is 1. The topological polar surface area (TPSA) is 75.6 Å². The van der Waals surface area contributed by atoms with Gasteiger partial charge in [0.25, 0.3) is 0 Å². The Kier molecular flexibility index (Phi) is 5.63. The minimum atomic E-state index is -1.35. The average molecular weight is 301 g/mol. The SMILES string of the molecule is CC(C)(NC(=O)CCCOc1ccc(F)cc1F)C(=O)O. The van der Waals surface area contributed by atoms with Gasteiger partial charge in [-0.1, -0.05) is 0 Å². The Bertz CT molecular complexity index is 532. The number of amides is 1. The van der Waals surface area contributed by atoms with Gasteiger partial charge in [0.2, 0.25) is 5.91 Å². The summed E-state index contributed by atoms with van der Waals surface area (Å²) in [5, 5.41) is 11.2. The molecule has 0 saturated heterocycles. The quantitative estimate of drug-likeness (QED) is 0.756. The zero-order chi connectivity index (χ0) is 16.0. The second-order valence-electron chi connectivity index (χ2n) is 5.01. The summed E-state index contributed by atoms with van der Waals surface area (Å²) in [6.07, 6.45) is 0.317. The van der Waals surface area contributed by atoms with E-state index < -0.39 is 29.0 Å². The van der Waals surface area contributed by atoms with Crippen LogP contribution in [0.4, 0.5) is 8.78 Å². The fourth-order valence-electron chi connectivity index (χ4n) is 1.47. The molecule has 0 aromatic heterocycles. The lowest BCUT2D eigenvalue weighted by Crippen LogP contribution is -2.49. The molecule has 0 unspecified atom stereocenters. The molecule has 0 atom stereocenters. The molecule has 5 nitrogen and oxygen atoms in total. The predicted octanol–water partition coefficient (Wildman–Crippen LogP) is 2.10. The van der Waals surface area contributed by atoms with E-state index in [-0.39, 0.29) is 25.2 Å². The van der Waals surface area contributed by atoms with E-state index in [1.54, 1.807) is 0 Å². The first-order valence-electron chi connectivity index (χ1n) is 6.34. The molecule has 0 saturated carbocycles. The maximum absolute atomic E-state index is 13.2. The zero-order valence-electron chi connectivity index (χ0n) is 11.8. The molecule has 0 bridgehead atoms. The van der Waals surface area contributed by atoms with E-state index in [2.05, 4.69) is 5.32 Å². The summed E-state index contributed by atoms with van der Waals surface area (Å²) in [6.45, 7) is 2.80. The number of carbonyl (C=O) groups is 2. The smallest absolute Gasteiger partial charge is 0.328 e. The highest BCUT2D eigenvalue weighted by molar-refractivity contribution is 5.86. The van der Waals surface area contributed by atoms with Crippen molar-refractivity contribution in [2.24, 2.45) is 0 Å². The summed E-state index contributed by atoms with van der Waals surface area (Å²) < 4.78 is 31.0. The Hall–Kier alpha value is -2.18. The zero-order valence-corrected chi connectivity index (χ0v) is 11.8. The summed E-state index contributed by atoms with van der Waals surface area (Å²) in [4.78, 5) is 22.4. The lowest BCUT2D eigenvalue weighted by Gasteiger charge is -2.20. The summed E-state index contributed by atoms with van der Waals surface area (Å²) in [5.41, 5.74) is -1.35. The number of nitrogens with one attached hydrogen (secondary N) is 1. The summed E-state index contributed by atoms with van der Waals surface area (Å²) in [7, 11) is 0. The van der Waals surface area contributed by atoms with Crippen molar-refractivity contribution in [1.29, 1.82) is 0 Å². The summed E-state index contributed by atoms with van der Waals surface area (Å²) in [6, 6.07) is 2.94. The summed E-state index contributed by atoms with van der Waals surface area (Å²) >= 11 is 0. The van der Waals surface area contributed by atoms with Crippen LogP contribution in [-0.2, 0) is 9.59 Å². The van der Waals surface area contributed by atoms with Crippen molar-refractivity contribution < 1.29 is 28.2 Å². The number of halogens is 2. The van der Waals surface area contributed by atoms with Gasteiger partial charge in [-0.2, -0.15) is 0 Å². The fourth-order valence-corrected chi connectivity index (χ4v) is 1.47. The molecular formula is C14H17F2NO4. The van der Waals surface area contributed by atoms with Crippen LogP contribution in [0.3, 0.4) is 0 Å². The number of hydrogen-bond acceptors (Lipinski definition) is 3. The van der Waals surface area contributed by atoms with Gasteiger partial charge >= 0.3 is 5.97 Å². The standard InChI is InChI=1S/C14H17F2NO4/c1-14(2,13(19)20)17-12(18)4-3-7-21-11-6-5-9(15)8-10(11)16/h5-6,8H,3-4,7H2,1-2H3,(H,17,18)(H,19,20). The molecule has 1 aromatic carbocycles. The maximum Gasteiger partial charge on any atom is 0.328 e. The normalized spacial score (nSPS) is 11.0. The van der Waals surface area contributed by atoms with Gasteiger partial charge in [-0.15, -0.1) is 0 Å². The second-order valence-corrected chi connectivity index (χ2v) is 5.01. The van der Waals surface area contributed by atoms with Crippen LogP contribution in [0.5, 0.6) is 5.75 Å². The van der Waals surface area contributed by atoms with Gasteiger partial charge in [-0.25, -0.2) is 13.6 Å². The number of ether oxygens (including phenoxy) is 1. The Balaban J connectivity index is 2.34. The number of rotatable bonds is 7. The molecule has 2 N–H and O–H groups in total. The van der Waals surface area contributed by atoms with Crippen molar-refractivity contribution in [1.82, 2.24) is 5.32 Å². The van der Waals surface area contributed by atoms with Gasteiger partial charge in [-0.3, -0.25) is 4.79 Å². The number of carboxylic acid groups (broad SMARTS) is 1. The lowest BCUT2D eigenvalue weighted by atomic mass is 10.1. The van der Waals surface area contributed by atoms with Crippen molar-refractivity contribution in [2.45, 2.75) is 32.2 Å². The van der Waals surface area contributed by atoms with Crippen LogP contribution in [0.1, 0.15) is 26.7 Å². The first kappa shape index (κ1) is 16.9. The maximum atomic E-state index is 13.2. The van der Waals surface area contributed by atoms with Gasteiger partial charge < -0.3 is 15.2 Å². The van der Waals surface area contributed by atoms with E-state index in [1.807, 2.05) is 0 Å². The molecule has 1 aromatic rings. The molecule has 0 aliphatic carbocycles. The number of carboxylic acids is 1. The number of carbonyl (C=O) groups excluding carboxylic acids is 1. The van der Waals surface area contributed by atoms with Crippen LogP contribution in [-0.4, -0.2) is 29.1 Å². The van der Waals surface area contributed by atoms with E-state index in [1.165, 1.54) is 13.8 Å². The minimum Gasteiger partial charge on any atom is -0.491 e. The van der Waals surface area contributed by atoms with E-state index >= 15 is 0 Å². The van der Waals surface area contributed by atoms with Crippen LogP contribution in [0.15, 0.2) is 18.2 Å². The van der Waals surface area contributed by atoms with E-state index in [0.717, 1.165) is 12.1 Å². The van der Waals surface area contributed by atoms with Crippen LogP contribution in [0, 0.1) is 11.6 Å². The van der Waals surface area contributed by atoms with Crippen molar-refractivity contribution in [2.75, 3.05) is 6.61 Å². The van der Waals surface area contributed by atoms with Crippen LogP contribution >= 0.6 is 0 Å². The Morgan fingerprint density at radius 1 is 1.33 bits per heavy atom. The molecule has 21 heavy (non-hydrogen) atoms. The van der Waals surface area contributed by atoms with Crippen molar-refractivity contribution in [3.8, 4) is 5.75 Å². The van der Waals surface area contributed by atoms with Gasteiger partial charge in [-0.05, 0) is 32.4 Å². The minimum absolute atomic E-state index is 0.0412. The van der Waals surface area contributed by atoms with E-state index in [9.17, 15) is 18.4 Å². The van der Waals surface area contributed by atoms with Gasteiger partial charge in [0.1, 0.15) is 11.4 Å². The third-order valence-corrected chi connectivity index (χ3v) is 2.69. The van der Waals surface area contributed by atoms with E-state index in [0.29, 0.717) is 6.07 Å². The number of benzene rings is 1. The largest absolute Gasteiger partial charge is 0.491 e. The molecule has 7 heteroatoms. The fraction of sp³-hybridized carbons (Fsp3) is 0.429. The van der Waals surface area contributed by atoms with Crippen molar-refractivity contribution >= 4 is 11.9 Å². The van der Waals surface area contributed by atoms with Gasteiger partial charge in [0.15, 0.2) is 11.6 Å². The molecule has 0 aliphatic rings. The van der Waals surface area contributed by atoms with Crippen LogP contribution in [0.25, 0.3) is 0 Å². The second kappa shape index (κ2) is 7.01. The molecule has 0 spiro atoms. The predicted molar refractivity (Wildman–Crippen MR) is 70.9 cm³/mol. The Morgan fingerprint density at radius 3 is 2.57 bits per heavy atom. The third-order valence-electron chi connectivity index (χ3n) is 2.69. The highest BCUT2D eigenvalue weighted by Crippen LogP contribution is 2.17. The average Bonchev–Trinajstić information content (AvgIpc) is 2.35. The highest BCUT2D eigenvalue weighted by atomic mass is 19.1. The monoisotopic (exact) mass is 301 g/mol. The Morgan fingerprint density at radius 2 is 2.00 bits per heavy atom. The third kappa shape index (κ3) is 5.37. The van der Waals surface area contributed by atoms with Crippen LogP contribution < -0.4 is 10.1 Å². The molecule has 116 valence electrons. The van der Waals surface area contributed by atoms with Crippen molar-refractivity contribution in [3.63, 3.8) is 0 Å².